The van der Waals surface area contributed by atoms with E-state index in [9.17, 15) is 9.59 Å². The van der Waals surface area contributed by atoms with E-state index in [2.05, 4.69) is 20.5 Å². The number of amides is 2. The van der Waals surface area contributed by atoms with Crippen molar-refractivity contribution in [2.45, 2.75) is 45.3 Å². The third kappa shape index (κ3) is 6.26. The van der Waals surface area contributed by atoms with Gasteiger partial charge in [-0.1, -0.05) is 11.6 Å². The number of nitrogens with one attached hydrogen (secondary N) is 2. The molecule has 0 bridgehead atoms. The van der Waals surface area contributed by atoms with Crippen LogP contribution in [0.15, 0.2) is 29.3 Å². The Morgan fingerprint density at radius 1 is 1.23 bits per heavy atom. The van der Waals surface area contributed by atoms with Crippen LogP contribution in [0.5, 0.6) is 0 Å². The number of hydrogen-bond acceptors (Lipinski definition) is 6. The van der Waals surface area contributed by atoms with Crippen LogP contribution >= 0.6 is 11.6 Å². The van der Waals surface area contributed by atoms with Crippen LogP contribution in [0.3, 0.4) is 0 Å². The highest BCUT2D eigenvalue weighted by atomic mass is 35.5. The van der Waals surface area contributed by atoms with E-state index in [0.717, 1.165) is 11.6 Å². The normalized spacial score (nSPS) is 18.5. The maximum atomic E-state index is 12.3. The molecule has 0 radical (unpaired) electrons. The Morgan fingerprint density at radius 2 is 1.97 bits per heavy atom. The van der Waals surface area contributed by atoms with Crippen LogP contribution in [0, 0.1) is 0 Å². The molecule has 1 unspecified atom stereocenters. The fourth-order valence-electron chi connectivity index (χ4n) is 3.43. The van der Waals surface area contributed by atoms with Gasteiger partial charge in [0.05, 0.1) is 12.6 Å². The molecule has 1 fully saturated rings. The van der Waals surface area contributed by atoms with Crippen molar-refractivity contribution in [3.05, 3.63) is 29.3 Å². The Kier molecular flexibility index (Phi) is 7.07. The monoisotopic (exact) mass is 435 g/mol. The lowest BCUT2D eigenvalue weighted by Crippen LogP contribution is -2.57. The topological polar surface area (TPSA) is 86.3 Å². The molecule has 2 aliphatic rings. The lowest BCUT2D eigenvalue weighted by atomic mass is 10.2. The lowest BCUT2D eigenvalue weighted by Gasteiger charge is -2.39. The standard InChI is InChI=1S/C21H30ClN5O3/c1-21(2,3)30-20(29)26-11-12-27-17(14-26)13-24-19(27)23-10-4-5-18(28)25-16-8-6-15(22)7-9-16/h6-9,17H,4-5,10-14H2,1-3H3,(H,23,24)(H,25,28). The molecule has 0 spiro atoms. The molecule has 2 heterocycles. The van der Waals surface area contributed by atoms with Gasteiger partial charge in [0.25, 0.3) is 0 Å². The van der Waals surface area contributed by atoms with E-state index >= 15 is 0 Å². The first-order valence-corrected chi connectivity index (χ1v) is 10.7. The van der Waals surface area contributed by atoms with E-state index in [-0.39, 0.29) is 18.0 Å². The van der Waals surface area contributed by atoms with Crippen LogP contribution < -0.4 is 10.6 Å². The molecular formula is C21H30ClN5O3. The van der Waals surface area contributed by atoms with Crippen molar-refractivity contribution < 1.29 is 14.3 Å². The summed E-state index contributed by atoms with van der Waals surface area (Å²) < 4.78 is 5.47. The number of carbonyl (C=O) groups excluding carboxylic acids is 2. The molecule has 30 heavy (non-hydrogen) atoms. The highest BCUT2D eigenvalue weighted by molar-refractivity contribution is 6.30. The Bertz CT molecular complexity index is 791. The third-order valence-corrected chi connectivity index (χ3v) is 5.10. The Balaban J connectivity index is 1.36. The van der Waals surface area contributed by atoms with Gasteiger partial charge in [0.1, 0.15) is 5.60 Å². The van der Waals surface area contributed by atoms with Gasteiger partial charge >= 0.3 is 6.09 Å². The first-order valence-electron chi connectivity index (χ1n) is 10.3. The summed E-state index contributed by atoms with van der Waals surface area (Å²) in [4.78, 5) is 32.9. The van der Waals surface area contributed by atoms with E-state index < -0.39 is 5.60 Å². The molecule has 1 atom stereocenters. The summed E-state index contributed by atoms with van der Waals surface area (Å²) in [7, 11) is 0. The van der Waals surface area contributed by atoms with Gasteiger partial charge in [-0.05, 0) is 51.5 Å². The van der Waals surface area contributed by atoms with Gasteiger partial charge in [0.2, 0.25) is 5.91 Å². The molecule has 164 valence electrons. The Morgan fingerprint density at radius 3 is 2.67 bits per heavy atom. The third-order valence-electron chi connectivity index (χ3n) is 4.85. The number of carbonyl (C=O) groups is 2. The van der Waals surface area contributed by atoms with Crippen molar-refractivity contribution in [1.82, 2.24) is 15.1 Å². The van der Waals surface area contributed by atoms with Gasteiger partial charge < -0.3 is 25.2 Å². The van der Waals surface area contributed by atoms with E-state index in [4.69, 9.17) is 16.3 Å². The zero-order valence-corrected chi connectivity index (χ0v) is 18.5. The number of guanidine groups is 1. The van der Waals surface area contributed by atoms with Gasteiger partial charge in [0, 0.05) is 43.3 Å². The van der Waals surface area contributed by atoms with Crippen molar-refractivity contribution in [2.75, 3.05) is 38.0 Å². The van der Waals surface area contributed by atoms with Crippen molar-refractivity contribution in [2.24, 2.45) is 4.99 Å². The summed E-state index contributed by atoms with van der Waals surface area (Å²) in [6.45, 7) is 8.85. The fourth-order valence-corrected chi connectivity index (χ4v) is 3.55. The molecular weight excluding hydrogens is 406 g/mol. The maximum absolute atomic E-state index is 12.3. The number of anilines is 1. The zero-order chi connectivity index (χ0) is 21.7. The predicted molar refractivity (Wildman–Crippen MR) is 118 cm³/mol. The molecule has 1 aromatic rings. The molecule has 2 aliphatic heterocycles. The number of aliphatic imine (C=N–C) groups is 1. The largest absolute Gasteiger partial charge is 0.444 e. The van der Waals surface area contributed by atoms with Crippen LogP contribution in [0.4, 0.5) is 10.5 Å². The lowest BCUT2D eigenvalue weighted by molar-refractivity contribution is -0.116. The number of benzene rings is 1. The van der Waals surface area contributed by atoms with Crippen molar-refractivity contribution in [3.63, 3.8) is 0 Å². The summed E-state index contributed by atoms with van der Waals surface area (Å²) in [5, 5.41) is 6.83. The maximum Gasteiger partial charge on any atom is 0.410 e. The molecule has 3 rings (SSSR count). The quantitative estimate of drug-likeness (QED) is 0.694. The molecule has 0 aliphatic carbocycles. The SMILES string of the molecule is CC(C)(C)OC(=O)N1CCN2C(NCCCC(=O)Nc3ccc(Cl)cc3)=NCC2C1. The summed E-state index contributed by atoms with van der Waals surface area (Å²) >= 11 is 5.85. The number of rotatable bonds is 5. The minimum absolute atomic E-state index is 0.0312. The van der Waals surface area contributed by atoms with Crippen LogP contribution in [-0.4, -0.2) is 72.1 Å². The summed E-state index contributed by atoms with van der Waals surface area (Å²) in [6.07, 6.45) is 0.843. The average molecular weight is 436 g/mol. The van der Waals surface area contributed by atoms with E-state index in [0.29, 0.717) is 50.6 Å². The molecule has 2 amide bonds. The number of fused-ring (bicyclic) bond motifs is 1. The Hall–Kier alpha value is -2.48. The summed E-state index contributed by atoms with van der Waals surface area (Å²) in [5.41, 5.74) is 0.246. The number of nitrogens with zero attached hydrogens (tertiary/aromatic N) is 3. The number of piperazine rings is 1. The molecule has 9 heteroatoms. The molecule has 0 aromatic heterocycles. The Labute approximate surface area is 182 Å². The molecule has 1 aromatic carbocycles. The first-order chi connectivity index (χ1) is 14.2. The second-order valence-corrected chi connectivity index (χ2v) is 8.96. The first kappa shape index (κ1) is 22.2. The molecule has 8 nitrogen and oxygen atoms in total. The summed E-state index contributed by atoms with van der Waals surface area (Å²) in [6, 6.07) is 7.22. The van der Waals surface area contributed by atoms with Gasteiger partial charge in [-0.25, -0.2) is 4.79 Å². The van der Waals surface area contributed by atoms with Crippen molar-refractivity contribution in [1.29, 1.82) is 0 Å². The van der Waals surface area contributed by atoms with E-state index in [1.807, 2.05) is 20.8 Å². The van der Waals surface area contributed by atoms with Crippen LogP contribution in [0.1, 0.15) is 33.6 Å². The number of ether oxygens (including phenoxy) is 1. The second kappa shape index (κ2) is 9.55. The van der Waals surface area contributed by atoms with Gasteiger partial charge in [-0.3, -0.25) is 9.79 Å². The van der Waals surface area contributed by atoms with Crippen molar-refractivity contribution >= 4 is 35.2 Å². The molecule has 1 saturated heterocycles. The highest BCUT2D eigenvalue weighted by Gasteiger charge is 2.36. The van der Waals surface area contributed by atoms with Crippen LogP contribution in [-0.2, 0) is 9.53 Å². The molecule has 0 saturated carbocycles. The smallest absolute Gasteiger partial charge is 0.410 e. The predicted octanol–water partition coefficient (Wildman–Crippen LogP) is 2.94. The van der Waals surface area contributed by atoms with Gasteiger partial charge in [-0.2, -0.15) is 0 Å². The van der Waals surface area contributed by atoms with Gasteiger partial charge in [-0.15, -0.1) is 0 Å². The second-order valence-electron chi connectivity index (χ2n) is 8.52. The molecule has 2 N–H and O–H groups in total. The van der Waals surface area contributed by atoms with Crippen LogP contribution in [0.25, 0.3) is 0 Å². The average Bonchev–Trinajstić information content (AvgIpc) is 3.08. The fraction of sp³-hybridized carbons (Fsp3) is 0.571. The summed E-state index contributed by atoms with van der Waals surface area (Å²) in [5.74, 6) is 0.818. The zero-order valence-electron chi connectivity index (χ0n) is 17.8. The highest BCUT2D eigenvalue weighted by Crippen LogP contribution is 2.19. The number of halogens is 1. The minimum Gasteiger partial charge on any atom is -0.444 e. The minimum atomic E-state index is -0.493. The van der Waals surface area contributed by atoms with Gasteiger partial charge in [0.15, 0.2) is 5.96 Å². The van der Waals surface area contributed by atoms with Crippen molar-refractivity contribution in [3.8, 4) is 0 Å². The number of hydrogen-bond donors (Lipinski definition) is 2. The van der Waals surface area contributed by atoms with E-state index in [1.54, 1.807) is 29.2 Å². The van der Waals surface area contributed by atoms with E-state index in [1.165, 1.54) is 0 Å². The van der Waals surface area contributed by atoms with Crippen LogP contribution in [0.2, 0.25) is 5.02 Å².